The minimum Gasteiger partial charge on any atom is -0.493 e. The summed E-state index contributed by atoms with van der Waals surface area (Å²) in [5, 5.41) is 11.1. The molecule has 0 aliphatic carbocycles. The molecule has 0 saturated heterocycles. The molecular formula is C21H24ClN5O3. The van der Waals surface area contributed by atoms with Crippen LogP contribution in [0.15, 0.2) is 52.0 Å². The smallest absolute Gasteiger partial charge is 0.228 e. The summed E-state index contributed by atoms with van der Waals surface area (Å²) in [6.45, 7) is 3.07. The average molecular weight is 430 g/mol. The Morgan fingerprint density at radius 3 is 2.67 bits per heavy atom. The number of rotatable bonds is 8. The maximum Gasteiger partial charge on any atom is 0.228 e. The van der Waals surface area contributed by atoms with E-state index in [2.05, 4.69) is 25.8 Å². The number of ether oxygens (including phenoxy) is 2. The Hall–Kier alpha value is -3.26. The number of guanidine groups is 1. The molecule has 3 aromatic rings. The zero-order valence-electron chi connectivity index (χ0n) is 17.1. The Morgan fingerprint density at radius 1 is 1.17 bits per heavy atom. The molecule has 0 saturated carbocycles. The molecule has 0 aliphatic rings. The summed E-state index contributed by atoms with van der Waals surface area (Å²) in [4.78, 5) is 8.65. The lowest BCUT2D eigenvalue weighted by molar-refractivity contribution is 0.311. The Morgan fingerprint density at radius 2 is 1.97 bits per heavy atom. The fraction of sp³-hybridized carbons (Fsp3) is 0.286. The van der Waals surface area contributed by atoms with Gasteiger partial charge in [-0.25, -0.2) is 0 Å². The summed E-state index contributed by atoms with van der Waals surface area (Å²) < 4.78 is 16.2. The van der Waals surface area contributed by atoms with Gasteiger partial charge in [-0.15, -0.1) is 0 Å². The van der Waals surface area contributed by atoms with Gasteiger partial charge >= 0.3 is 0 Å². The summed E-state index contributed by atoms with van der Waals surface area (Å²) in [5.74, 6) is 3.02. The van der Waals surface area contributed by atoms with Crippen molar-refractivity contribution in [2.45, 2.75) is 13.3 Å². The van der Waals surface area contributed by atoms with E-state index in [4.69, 9.17) is 25.6 Å². The maximum atomic E-state index is 5.91. The highest BCUT2D eigenvalue weighted by atomic mass is 35.5. The first-order chi connectivity index (χ1) is 14.6. The minimum atomic E-state index is 0.533. The van der Waals surface area contributed by atoms with Gasteiger partial charge < -0.3 is 24.6 Å². The van der Waals surface area contributed by atoms with Crippen LogP contribution in [0, 0.1) is 0 Å². The predicted octanol–water partition coefficient (Wildman–Crippen LogP) is 4.03. The number of halogens is 1. The van der Waals surface area contributed by atoms with Gasteiger partial charge in [0.1, 0.15) is 0 Å². The van der Waals surface area contributed by atoms with Gasteiger partial charge in [0, 0.05) is 42.4 Å². The third-order valence-corrected chi connectivity index (χ3v) is 4.40. The molecule has 2 N–H and O–H groups in total. The van der Waals surface area contributed by atoms with Crippen molar-refractivity contribution in [2.24, 2.45) is 4.99 Å². The van der Waals surface area contributed by atoms with E-state index in [0.717, 1.165) is 11.3 Å². The van der Waals surface area contributed by atoms with E-state index in [-0.39, 0.29) is 0 Å². The number of nitrogens with zero attached hydrogens (tertiary/aromatic N) is 3. The molecule has 158 valence electrons. The van der Waals surface area contributed by atoms with Crippen LogP contribution in [0.1, 0.15) is 12.8 Å². The Bertz CT molecular complexity index is 989. The number of nitrogens with one attached hydrogen (secondary N) is 2. The highest BCUT2D eigenvalue weighted by Gasteiger charge is 2.10. The van der Waals surface area contributed by atoms with Gasteiger partial charge in [-0.1, -0.05) is 16.8 Å². The van der Waals surface area contributed by atoms with Gasteiger partial charge in [0.25, 0.3) is 0 Å². The van der Waals surface area contributed by atoms with E-state index in [0.29, 0.717) is 53.8 Å². The first-order valence-corrected chi connectivity index (χ1v) is 9.87. The summed E-state index contributed by atoms with van der Waals surface area (Å²) in [6.07, 6.45) is 0.549. The van der Waals surface area contributed by atoms with E-state index in [1.165, 1.54) is 0 Å². The fourth-order valence-electron chi connectivity index (χ4n) is 2.70. The van der Waals surface area contributed by atoms with Crippen LogP contribution in [0.3, 0.4) is 0 Å². The molecular weight excluding hydrogens is 406 g/mol. The van der Waals surface area contributed by atoms with Crippen molar-refractivity contribution in [3.8, 4) is 22.9 Å². The van der Waals surface area contributed by atoms with Crippen molar-refractivity contribution < 1.29 is 14.0 Å². The normalized spacial score (nSPS) is 11.3. The van der Waals surface area contributed by atoms with Crippen molar-refractivity contribution >= 4 is 23.2 Å². The van der Waals surface area contributed by atoms with Crippen molar-refractivity contribution in [1.82, 2.24) is 15.5 Å². The van der Waals surface area contributed by atoms with Crippen LogP contribution in [0.4, 0.5) is 5.69 Å². The van der Waals surface area contributed by atoms with Crippen LogP contribution in [0.25, 0.3) is 11.4 Å². The molecule has 1 heterocycles. The summed E-state index contributed by atoms with van der Waals surface area (Å²) >= 11 is 5.91. The summed E-state index contributed by atoms with van der Waals surface area (Å²) in [6, 6.07) is 12.9. The van der Waals surface area contributed by atoms with Gasteiger partial charge in [-0.2, -0.15) is 4.98 Å². The van der Waals surface area contributed by atoms with Crippen LogP contribution in [0.2, 0.25) is 5.02 Å². The third-order valence-electron chi connectivity index (χ3n) is 4.15. The van der Waals surface area contributed by atoms with E-state index in [1.807, 2.05) is 37.3 Å². The Kier molecular flexibility index (Phi) is 7.51. The van der Waals surface area contributed by atoms with Crippen LogP contribution in [-0.4, -0.2) is 43.4 Å². The molecule has 0 radical (unpaired) electrons. The maximum absolute atomic E-state index is 5.91. The molecule has 30 heavy (non-hydrogen) atoms. The van der Waals surface area contributed by atoms with Crippen molar-refractivity contribution in [3.05, 3.63) is 53.4 Å². The SMILES string of the molecule is CCOc1ccc(NC(=NC)NCCc2nc(-c3ccc(Cl)cc3)no2)cc1OC. The Labute approximate surface area is 180 Å². The van der Waals surface area contributed by atoms with Gasteiger partial charge in [0.15, 0.2) is 17.5 Å². The summed E-state index contributed by atoms with van der Waals surface area (Å²) in [5.41, 5.74) is 1.68. The molecule has 0 bridgehead atoms. The van der Waals surface area contributed by atoms with Crippen molar-refractivity contribution in [2.75, 3.05) is 32.6 Å². The van der Waals surface area contributed by atoms with E-state index in [1.54, 1.807) is 26.3 Å². The number of methoxy groups -OCH3 is 1. The number of aromatic nitrogens is 2. The van der Waals surface area contributed by atoms with Crippen molar-refractivity contribution in [3.63, 3.8) is 0 Å². The molecule has 0 aliphatic heterocycles. The largest absolute Gasteiger partial charge is 0.493 e. The van der Waals surface area contributed by atoms with Crippen LogP contribution >= 0.6 is 11.6 Å². The third kappa shape index (κ3) is 5.64. The van der Waals surface area contributed by atoms with E-state index < -0.39 is 0 Å². The van der Waals surface area contributed by atoms with E-state index in [9.17, 15) is 0 Å². The van der Waals surface area contributed by atoms with Crippen LogP contribution in [0.5, 0.6) is 11.5 Å². The number of hydrogen-bond donors (Lipinski definition) is 2. The standard InChI is InChI=1S/C21H24ClN5O3/c1-4-29-17-10-9-16(13-18(17)28-3)25-21(23-2)24-12-11-19-26-20(27-30-19)14-5-7-15(22)8-6-14/h5-10,13H,4,11-12H2,1-3H3,(H2,23,24,25). The lowest BCUT2D eigenvalue weighted by atomic mass is 10.2. The second kappa shape index (κ2) is 10.5. The van der Waals surface area contributed by atoms with Gasteiger partial charge in [0.05, 0.1) is 13.7 Å². The van der Waals surface area contributed by atoms with Gasteiger partial charge in [-0.05, 0) is 43.3 Å². The van der Waals surface area contributed by atoms with E-state index >= 15 is 0 Å². The van der Waals surface area contributed by atoms with Crippen LogP contribution in [-0.2, 0) is 6.42 Å². The van der Waals surface area contributed by atoms with Crippen LogP contribution < -0.4 is 20.1 Å². The molecule has 0 atom stereocenters. The topological polar surface area (TPSA) is 93.8 Å². The number of aliphatic imine (C=N–C) groups is 1. The first-order valence-electron chi connectivity index (χ1n) is 9.50. The highest BCUT2D eigenvalue weighted by Crippen LogP contribution is 2.30. The average Bonchev–Trinajstić information content (AvgIpc) is 3.23. The highest BCUT2D eigenvalue weighted by molar-refractivity contribution is 6.30. The molecule has 0 amide bonds. The molecule has 1 aromatic heterocycles. The molecule has 9 heteroatoms. The Balaban J connectivity index is 1.54. The monoisotopic (exact) mass is 429 g/mol. The quantitative estimate of drug-likeness (QED) is 0.412. The zero-order valence-corrected chi connectivity index (χ0v) is 17.9. The zero-order chi connectivity index (χ0) is 21.3. The lowest BCUT2D eigenvalue weighted by Gasteiger charge is -2.14. The molecule has 0 fully saturated rings. The predicted molar refractivity (Wildman–Crippen MR) is 118 cm³/mol. The van der Waals surface area contributed by atoms with Gasteiger partial charge in [-0.3, -0.25) is 4.99 Å². The second-order valence-corrected chi connectivity index (χ2v) is 6.63. The van der Waals surface area contributed by atoms with Gasteiger partial charge in [0.2, 0.25) is 11.7 Å². The molecule has 3 rings (SSSR count). The van der Waals surface area contributed by atoms with Crippen molar-refractivity contribution in [1.29, 1.82) is 0 Å². The minimum absolute atomic E-state index is 0.533. The first kappa shape index (κ1) is 21.4. The number of anilines is 1. The number of benzene rings is 2. The lowest BCUT2D eigenvalue weighted by Crippen LogP contribution is -2.32. The summed E-state index contributed by atoms with van der Waals surface area (Å²) in [7, 11) is 3.31. The molecule has 0 spiro atoms. The molecule has 0 unspecified atom stereocenters. The number of hydrogen-bond acceptors (Lipinski definition) is 6. The molecule has 2 aromatic carbocycles. The fourth-order valence-corrected chi connectivity index (χ4v) is 2.82. The molecule has 8 nitrogen and oxygen atoms in total. The second-order valence-electron chi connectivity index (χ2n) is 6.19.